The summed E-state index contributed by atoms with van der Waals surface area (Å²) in [6, 6.07) is 0. The van der Waals surface area contributed by atoms with E-state index >= 15 is 0 Å². The van der Waals surface area contributed by atoms with Gasteiger partial charge in [-0.05, 0) is 0 Å². The molecule has 2 unspecified atom stereocenters. The van der Waals surface area contributed by atoms with Crippen molar-refractivity contribution in [2.24, 2.45) is 11.8 Å². The molecule has 6 heteroatoms. The number of allylic oxidation sites excluding steroid dienone is 1. The van der Waals surface area contributed by atoms with E-state index in [9.17, 15) is 4.79 Å². The number of hydrogen-bond acceptors (Lipinski definition) is 3. The van der Waals surface area contributed by atoms with E-state index in [0.29, 0.717) is 6.61 Å². The van der Waals surface area contributed by atoms with Crippen LogP contribution in [0.2, 0.25) is 0 Å². The molecule has 0 bridgehead atoms. The van der Waals surface area contributed by atoms with Crippen LogP contribution < -0.4 is 21.3 Å². The molecule has 4 nitrogen and oxygen atoms in total. The van der Waals surface area contributed by atoms with Crippen LogP contribution in [-0.2, 0) is 9.53 Å². The third kappa shape index (κ3) is 4.00. The Morgan fingerprint density at radius 3 is 2.89 bits per heavy atom. The molecule has 0 aromatic carbocycles. The summed E-state index contributed by atoms with van der Waals surface area (Å²) in [7, 11) is 3.99. The van der Waals surface area contributed by atoms with E-state index in [-0.39, 0.29) is 17.8 Å². The van der Waals surface area contributed by atoms with Crippen molar-refractivity contribution >= 4 is 18.4 Å². The number of nitrogens with zero attached hydrogens (tertiary/aromatic N) is 2. The van der Waals surface area contributed by atoms with Gasteiger partial charge in [-0.3, -0.25) is 0 Å². The summed E-state index contributed by atoms with van der Waals surface area (Å²) in [5.74, 6) is 0.234. The van der Waals surface area contributed by atoms with Gasteiger partial charge in [-0.25, -0.2) is 0 Å². The number of ether oxygens (including phenoxy) is 1. The second kappa shape index (κ2) is 7.16. The molecule has 0 N–H and O–H groups in total. The SMILES string of the molecule is [B][I-][N+](=C)/C=C(/CC1COC(=O)C1CC)N(C)C. The van der Waals surface area contributed by atoms with Crippen LogP contribution in [0.1, 0.15) is 19.8 Å². The molecule has 2 radical (unpaired) electrons. The second-order valence-electron chi connectivity index (χ2n) is 4.62. The molecule has 1 aliphatic rings. The van der Waals surface area contributed by atoms with Gasteiger partial charge in [-0.2, -0.15) is 0 Å². The Morgan fingerprint density at radius 1 is 1.72 bits per heavy atom. The first-order valence-electron chi connectivity index (χ1n) is 5.97. The summed E-state index contributed by atoms with van der Waals surface area (Å²) < 4.78 is 6.95. The average Bonchev–Trinajstić information content (AvgIpc) is 2.68. The first-order chi connectivity index (χ1) is 8.49. The predicted molar refractivity (Wildman–Crippen MR) is 67.8 cm³/mol. The number of hydrogen-bond donors (Lipinski definition) is 0. The van der Waals surface area contributed by atoms with Crippen LogP contribution in [0.3, 0.4) is 0 Å². The van der Waals surface area contributed by atoms with E-state index in [1.165, 1.54) is 0 Å². The van der Waals surface area contributed by atoms with Gasteiger partial charge >= 0.3 is 121 Å². The number of cyclic esters (lactones) is 1. The van der Waals surface area contributed by atoms with Gasteiger partial charge < -0.3 is 0 Å². The summed E-state index contributed by atoms with van der Waals surface area (Å²) in [6.45, 7) is 6.42. The third-order valence-corrected chi connectivity index (χ3v) is 4.21. The molecule has 0 spiro atoms. The van der Waals surface area contributed by atoms with E-state index in [1.54, 1.807) is 2.79 Å². The first kappa shape index (κ1) is 15.5. The van der Waals surface area contributed by atoms with Gasteiger partial charge in [0.25, 0.3) is 0 Å². The monoisotopic (exact) mass is 362 g/mol. The van der Waals surface area contributed by atoms with E-state index in [2.05, 4.69) is 6.72 Å². The minimum atomic E-state index is -0.537. The van der Waals surface area contributed by atoms with Crippen LogP contribution in [0.4, 0.5) is 0 Å². The second-order valence-corrected chi connectivity index (χ2v) is 6.42. The van der Waals surface area contributed by atoms with Gasteiger partial charge in [0, 0.05) is 0 Å². The number of esters is 1. The molecule has 0 aromatic rings. The van der Waals surface area contributed by atoms with Crippen molar-refractivity contribution in [3.63, 3.8) is 0 Å². The standard InChI is InChI=1S/C12H20BIN2O2/c1-5-11-9(8-18-12(11)17)6-10(15(2)3)7-16(4)14-13/h7,9,11H,4-6,8H2,1-3H3/b10-7-. The van der Waals surface area contributed by atoms with Gasteiger partial charge in [0.1, 0.15) is 0 Å². The molecule has 1 rings (SSSR count). The molecule has 18 heavy (non-hydrogen) atoms. The Kier molecular flexibility index (Phi) is 6.18. The van der Waals surface area contributed by atoms with E-state index in [4.69, 9.17) is 10.4 Å². The fourth-order valence-electron chi connectivity index (χ4n) is 2.12. The van der Waals surface area contributed by atoms with Gasteiger partial charge in [0.15, 0.2) is 0 Å². The fourth-order valence-corrected chi connectivity index (χ4v) is 2.60. The Bertz CT molecular complexity index is 358. The number of halogens is 1. The molecular formula is C12H20BIN2O2. The van der Waals surface area contributed by atoms with Crippen LogP contribution in [0.15, 0.2) is 11.9 Å². The van der Waals surface area contributed by atoms with Crippen LogP contribution in [-0.4, -0.2) is 46.8 Å². The summed E-state index contributed by atoms with van der Waals surface area (Å²) >= 11 is -0.537. The molecule has 100 valence electrons. The van der Waals surface area contributed by atoms with Crippen LogP contribution >= 0.6 is 0 Å². The predicted octanol–water partition coefficient (Wildman–Crippen LogP) is -2.22. The molecule has 1 fully saturated rings. The van der Waals surface area contributed by atoms with Crippen LogP contribution in [0.25, 0.3) is 0 Å². The normalized spacial score (nSPS) is 24.2. The Hall–Kier alpha value is -0.525. The summed E-state index contributed by atoms with van der Waals surface area (Å²) in [6.07, 6.45) is 3.64. The van der Waals surface area contributed by atoms with Crippen molar-refractivity contribution in [1.29, 1.82) is 0 Å². The van der Waals surface area contributed by atoms with Crippen molar-refractivity contribution in [3.8, 4) is 0 Å². The molecule has 0 saturated carbocycles. The van der Waals surface area contributed by atoms with Gasteiger partial charge in [-0.15, -0.1) is 0 Å². The zero-order valence-electron chi connectivity index (χ0n) is 11.2. The maximum absolute atomic E-state index is 11.6. The summed E-state index contributed by atoms with van der Waals surface area (Å²) in [4.78, 5) is 13.6. The van der Waals surface area contributed by atoms with E-state index < -0.39 is 21.3 Å². The molecule has 0 aliphatic carbocycles. The summed E-state index contributed by atoms with van der Waals surface area (Å²) in [5, 5.41) is 0. The summed E-state index contributed by atoms with van der Waals surface area (Å²) in [5.41, 5.74) is 6.77. The van der Waals surface area contributed by atoms with Crippen molar-refractivity contribution < 1.29 is 33.6 Å². The molecule has 2 atom stereocenters. The van der Waals surface area contributed by atoms with E-state index in [0.717, 1.165) is 18.5 Å². The number of carbonyl (C=O) groups is 1. The third-order valence-electron chi connectivity index (χ3n) is 3.21. The molecule has 1 aliphatic heterocycles. The Balaban J connectivity index is 2.76. The molecule has 1 saturated heterocycles. The molecule has 0 amide bonds. The Morgan fingerprint density at radius 2 is 2.39 bits per heavy atom. The van der Waals surface area contributed by atoms with Crippen molar-refractivity contribution in [1.82, 2.24) is 4.90 Å². The van der Waals surface area contributed by atoms with Crippen molar-refractivity contribution in [2.45, 2.75) is 19.8 Å². The number of rotatable bonds is 6. The molecule has 1 heterocycles. The van der Waals surface area contributed by atoms with E-state index in [1.807, 2.05) is 32.1 Å². The quantitative estimate of drug-likeness (QED) is 0.177. The van der Waals surface area contributed by atoms with Crippen LogP contribution in [0, 0.1) is 11.8 Å². The van der Waals surface area contributed by atoms with Gasteiger partial charge in [0.2, 0.25) is 0 Å². The van der Waals surface area contributed by atoms with Crippen molar-refractivity contribution in [2.75, 3.05) is 20.7 Å². The minimum absolute atomic E-state index is 0.0270. The topological polar surface area (TPSA) is 32.6 Å². The van der Waals surface area contributed by atoms with Gasteiger partial charge in [-0.1, -0.05) is 0 Å². The molecule has 0 aromatic heterocycles. The number of carbonyl (C=O) groups excluding carboxylic acids is 1. The Labute approximate surface area is 121 Å². The van der Waals surface area contributed by atoms with Crippen molar-refractivity contribution in [3.05, 3.63) is 11.9 Å². The fraction of sp³-hybridized carbons (Fsp3) is 0.667. The van der Waals surface area contributed by atoms with Crippen LogP contribution in [0.5, 0.6) is 0 Å². The average molecular weight is 362 g/mol. The zero-order chi connectivity index (χ0) is 13.7. The first-order valence-corrected chi connectivity index (χ1v) is 8.18. The maximum atomic E-state index is 11.6. The van der Waals surface area contributed by atoms with Gasteiger partial charge in [0.05, 0.1) is 0 Å². The molecular weight excluding hydrogens is 342 g/mol. The zero-order valence-corrected chi connectivity index (χ0v) is 13.4.